The molecule has 0 aliphatic rings. The second kappa shape index (κ2) is 8.57. The van der Waals surface area contributed by atoms with Gasteiger partial charge in [0.05, 0.1) is 12.8 Å². The van der Waals surface area contributed by atoms with Crippen molar-refractivity contribution in [3.05, 3.63) is 78.1 Å². The monoisotopic (exact) mass is 398 g/mol. The van der Waals surface area contributed by atoms with Crippen LogP contribution in [-0.2, 0) is 0 Å². The molecule has 0 aliphatic carbocycles. The van der Waals surface area contributed by atoms with E-state index in [1.54, 1.807) is 7.11 Å². The number of hydrogen-bond donors (Lipinski definition) is 2. The van der Waals surface area contributed by atoms with Crippen molar-refractivity contribution >= 4 is 23.1 Å². The molecular formula is C23H22N6O. The van der Waals surface area contributed by atoms with Crippen LogP contribution in [-0.4, -0.2) is 27.3 Å². The van der Waals surface area contributed by atoms with Gasteiger partial charge in [0.1, 0.15) is 5.75 Å². The topological polar surface area (TPSA) is 84.9 Å². The molecule has 0 spiro atoms. The number of aromatic nitrogens is 4. The van der Waals surface area contributed by atoms with Gasteiger partial charge < -0.3 is 15.4 Å². The van der Waals surface area contributed by atoms with Crippen LogP contribution in [0.5, 0.6) is 5.75 Å². The Labute approximate surface area is 175 Å². The molecule has 0 saturated carbocycles. The third-order valence-electron chi connectivity index (χ3n) is 4.45. The highest BCUT2D eigenvalue weighted by molar-refractivity contribution is 5.64. The number of nitrogens with one attached hydrogen (secondary N) is 2. The number of methoxy groups -OCH3 is 1. The minimum atomic E-state index is 0.591. The fraction of sp³-hybridized carbons (Fsp3) is 0.130. The van der Waals surface area contributed by atoms with Gasteiger partial charge >= 0.3 is 0 Å². The zero-order chi connectivity index (χ0) is 20.9. The van der Waals surface area contributed by atoms with Gasteiger partial charge in [0.15, 0.2) is 5.82 Å². The fourth-order valence-corrected chi connectivity index (χ4v) is 3.01. The molecule has 0 bridgehead atoms. The number of anilines is 4. The molecule has 0 saturated heterocycles. The summed E-state index contributed by atoms with van der Waals surface area (Å²) < 4.78 is 5.19. The zero-order valence-corrected chi connectivity index (χ0v) is 17.0. The first kappa shape index (κ1) is 19.3. The highest BCUT2D eigenvalue weighted by Gasteiger charge is 2.04. The average molecular weight is 398 g/mol. The Bertz CT molecular complexity index is 1110. The standard InChI is InChI=1S/C23H22N6O/c1-15-14-16(2)25-23(24-15)27-19-8-6-18(7-9-19)26-22-13-12-21(28-29-22)17-4-10-20(30-3)11-5-17/h4-14H,1-3H3,(H,26,29)(H,24,25,27). The van der Waals surface area contributed by atoms with Crippen molar-refractivity contribution in [2.24, 2.45) is 0 Å². The molecule has 4 rings (SSSR count). The molecule has 0 unspecified atom stereocenters. The molecule has 30 heavy (non-hydrogen) atoms. The van der Waals surface area contributed by atoms with Crippen LogP contribution in [0.3, 0.4) is 0 Å². The van der Waals surface area contributed by atoms with Crippen LogP contribution in [0.1, 0.15) is 11.4 Å². The van der Waals surface area contributed by atoms with Crippen LogP contribution in [0, 0.1) is 13.8 Å². The van der Waals surface area contributed by atoms with Gasteiger partial charge in [0.2, 0.25) is 5.95 Å². The summed E-state index contributed by atoms with van der Waals surface area (Å²) in [6.07, 6.45) is 0. The first-order chi connectivity index (χ1) is 14.6. The molecule has 4 aromatic rings. The Hall–Kier alpha value is -4.00. The minimum absolute atomic E-state index is 0.591. The molecule has 2 N–H and O–H groups in total. The van der Waals surface area contributed by atoms with Gasteiger partial charge in [-0.05, 0) is 80.6 Å². The van der Waals surface area contributed by atoms with Crippen molar-refractivity contribution < 1.29 is 4.74 Å². The molecule has 7 heteroatoms. The number of rotatable bonds is 6. The van der Waals surface area contributed by atoms with E-state index in [0.717, 1.165) is 39.8 Å². The van der Waals surface area contributed by atoms with E-state index >= 15 is 0 Å². The molecule has 0 fully saturated rings. The van der Waals surface area contributed by atoms with Crippen molar-refractivity contribution in [2.45, 2.75) is 13.8 Å². The van der Waals surface area contributed by atoms with E-state index < -0.39 is 0 Å². The van der Waals surface area contributed by atoms with Crippen LogP contribution in [0.25, 0.3) is 11.3 Å². The fourth-order valence-electron chi connectivity index (χ4n) is 3.01. The second-order valence-electron chi connectivity index (χ2n) is 6.83. The van der Waals surface area contributed by atoms with E-state index in [-0.39, 0.29) is 0 Å². The maximum atomic E-state index is 5.19. The maximum Gasteiger partial charge on any atom is 0.227 e. The van der Waals surface area contributed by atoms with Crippen LogP contribution >= 0.6 is 0 Å². The lowest BCUT2D eigenvalue weighted by atomic mass is 10.1. The summed E-state index contributed by atoms with van der Waals surface area (Å²) in [5.41, 5.74) is 5.47. The normalized spacial score (nSPS) is 10.5. The molecule has 0 amide bonds. The van der Waals surface area contributed by atoms with E-state index in [1.165, 1.54) is 0 Å². The van der Waals surface area contributed by atoms with Gasteiger partial charge in [0.25, 0.3) is 0 Å². The van der Waals surface area contributed by atoms with Crippen LogP contribution in [0.4, 0.5) is 23.1 Å². The Morgan fingerprint density at radius 3 is 1.90 bits per heavy atom. The summed E-state index contributed by atoms with van der Waals surface area (Å²) in [6, 6.07) is 21.4. The van der Waals surface area contributed by atoms with E-state index in [4.69, 9.17) is 4.74 Å². The minimum Gasteiger partial charge on any atom is -0.497 e. The highest BCUT2D eigenvalue weighted by atomic mass is 16.5. The zero-order valence-electron chi connectivity index (χ0n) is 17.0. The number of nitrogens with zero attached hydrogens (tertiary/aromatic N) is 4. The summed E-state index contributed by atoms with van der Waals surface area (Å²) in [5.74, 6) is 2.07. The van der Waals surface area contributed by atoms with Crippen molar-refractivity contribution in [1.82, 2.24) is 20.2 Å². The third-order valence-corrected chi connectivity index (χ3v) is 4.45. The molecule has 7 nitrogen and oxygen atoms in total. The van der Waals surface area contributed by atoms with Crippen molar-refractivity contribution in [3.8, 4) is 17.0 Å². The van der Waals surface area contributed by atoms with Gasteiger partial charge in [-0.15, -0.1) is 10.2 Å². The predicted molar refractivity (Wildman–Crippen MR) is 119 cm³/mol. The quantitative estimate of drug-likeness (QED) is 0.470. The Kier molecular flexibility index (Phi) is 5.52. The summed E-state index contributed by atoms with van der Waals surface area (Å²) in [5, 5.41) is 15.1. The lowest BCUT2D eigenvalue weighted by Gasteiger charge is -2.09. The van der Waals surface area contributed by atoms with Crippen LogP contribution < -0.4 is 15.4 Å². The summed E-state index contributed by atoms with van der Waals surface area (Å²) in [7, 11) is 1.65. The Balaban J connectivity index is 1.41. The van der Waals surface area contributed by atoms with E-state index in [9.17, 15) is 0 Å². The molecule has 2 aromatic carbocycles. The first-order valence-corrected chi connectivity index (χ1v) is 9.53. The van der Waals surface area contributed by atoms with Gasteiger partial charge in [-0.25, -0.2) is 9.97 Å². The summed E-state index contributed by atoms with van der Waals surface area (Å²) >= 11 is 0. The lowest BCUT2D eigenvalue weighted by Crippen LogP contribution is -2.00. The molecule has 150 valence electrons. The number of benzene rings is 2. The van der Waals surface area contributed by atoms with Gasteiger partial charge in [0, 0.05) is 28.3 Å². The largest absolute Gasteiger partial charge is 0.497 e. The van der Waals surface area contributed by atoms with Gasteiger partial charge in [-0.1, -0.05) is 0 Å². The molecule has 2 heterocycles. The molecule has 0 radical (unpaired) electrons. The predicted octanol–water partition coefficient (Wildman–Crippen LogP) is 5.05. The van der Waals surface area contributed by atoms with E-state index in [1.807, 2.05) is 80.6 Å². The second-order valence-corrected chi connectivity index (χ2v) is 6.83. The SMILES string of the molecule is COc1ccc(-c2ccc(Nc3ccc(Nc4nc(C)cc(C)n4)cc3)nn2)cc1. The molecule has 2 aromatic heterocycles. The van der Waals surface area contributed by atoms with Crippen molar-refractivity contribution in [2.75, 3.05) is 17.7 Å². The van der Waals surface area contributed by atoms with Crippen LogP contribution in [0.2, 0.25) is 0 Å². The summed E-state index contributed by atoms with van der Waals surface area (Å²) in [6.45, 7) is 3.90. The highest BCUT2D eigenvalue weighted by Crippen LogP contribution is 2.23. The number of aryl methyl sites for hydroxylation is 2. The maximum absolute atomic E-state index is 5.19. The lowest BCUT2D eigenvalue weighted by molar-refractivity contribution is 0.415. The van der Waals surface area contributed by atoms with Gasteiger partial charge in [-0.2, -0.15) is 0 Å². The summed E-state index contributed by atoms with van der Waals surface area (Å²) in [4.78, 5) is 8.80. The number of hydrogen-bond acceptors (Lipinski definition) is 7. The molecule has 0 aliphatic heterocycles. The smallest absolute Gasteiger partial charge is 0.227 e. The number of ether oxygens (including phenoxy) is 1. The first-order valence-electron chi connectivity index (χ1n) is 9.53. The molecule has 0 atom stereocenters. The van der Waals surface area contributed by atoms with Crippen LogP contribution in [0.15, 0.2) is 66.7 Å². The molecular weight excluding hydrogens is 376 g/mol. The third kappa shape index (κ3) is 4.70. The van der Waals surface area contributed by atoms with Crippen molar-refractivity contribution in [3.63, 3.8) is 0 Å². The van der Waals surface area contributed by atoms with E-state index in [2.05, 4.69) is 30.8 Å². The van der Waals surface area contributed by atoms with Crippen molar-refractivity contribution in [1.29, 1.82) is 0 Å². The van der Waals surface area contributed by atoms with Gasteiger partial charge in [-0.3, -0.25) is 0 Å². The average Bonchev–Trinajstić information content (AvgIpc) is 2.75. The Morgan fingerprint density at radius 2 is 1.33 bits per heavy atom. The van der Waals surface area contributed by atoms with E-state index in [0.29, 0.717) is 11.8 Å². The Morgan fingerprint density at radius 1 is 0.700 bits per heavy atom.